The van der Waals surface area contributed by atoms with Crippen LogP contribution in [0.2, 0.25) is 0 Å². The second kappa shape index (κ2) is 6.77. The van der Waals surface area contributed by atoms with Crippen LogP contribution in [-0.4, -0.2) is 44.5 Å². The second-order valence-corrected chi connectivity index (χ2v) is 9.05. The molecule has 146 valence electrons. The number of ketones is 1. The van der Waals surface area contributed by atoms with Crippen LogP contribution in [-0.2, 0) is 9.53 Å². The smallest absolute Gasteiger partial charge is 0.190 e. The Labute approximate surface area is 155 Å². The molecule has 0 unspecified atom stereocenters. The van der Waals surface area contributed by atoms with Crippen LogP contribution in [0.4, 0.5) is 0 Å². The summed E-state index contributed by atoms with van der Waals surface area (Å²) in [5.41, 5.74) is 0.522. The van der Waals surface area contributed by atoms with Gasteiger partial charge in [-0.25, -0.2) is 0 Å². The van der Waals surface area contributed by atoms with Gasteiger partial charge in [-0.3, -0.25) is 4.79 Å². The highest BCUT2D eigenvalue weighted by atomic mass is 16.5. The fourth-order valence-electron chi connectivity index (χ4n) is 4.58. The molecule has 0 radical (unpaired) electrons. The third-order valence-electron chi connectivity index (χ3n) is 6.49. The molecule has 1 heterocycles. The molecule has 5 atom stereocenters. The van der Waals surface area contributed by atoms with Crippen molar-refractivity contribution in [2.45, 2.75) is 89.6 Å². The van der Waals surface area contributed by atoms with Crippen molar-refractivity contribution in [3.05, 3.63) is 23.0 Å². The highest BCUT2D eigenvalue weighted by Gasteiger charge is 2.49. The number of Topliss-reactive ketones (excluding diaryl/α,β-unsaturated/α-hetero) is 1. The third-order valence-corrected chi connectivity index (χ3v) is 6.49. The van der Waals surface area contributed by atoms with Gasteiger partial charge in [0.05, 0.1) is 11.7 Å². The van der Waals surface area contributed by atoms with Crippen LogP contribution in [0.25, 0.3) is 0 Å². The monoisotopic (exact) mass is 364 g/mol. The molecule has 3 N–H and O–H groups in total. The number of fused-ring (bicyclic) bond motifs is 1. The van der Waals surface area contributed by atoms with Gasteiger partial charge in [-0.15, -0.1) is 0 Å². The predicted octanol–water partition coefficient (Wildman–Crippen LogP) is 2.64. The lowest BCUT2D eigenvalue weighted by atomic mass is 9.73. The summed E-state index contributed by atoms with van der Waals surface area (Å²) >= 11 is 0. The van der Waals surface area contributed by atoms with Crippen LogP contribution >= 0.6 is 0 Å². The zero-order valence-electron chi connectivity index (χ0n) is 16.3. The normalized spacial score (nSPS) is 34.0. The van der Waals surface area contributed by atoms with Crippen molar-refractivity contribution in [1.29, 1.82) is 0 Å². The molecule has 1 aliphatic heterocycles. The molecule has 5 heteroatoms. The van der Waals surface area contributed by atoms with Crippen LogP contribution in [0.15, 0.2) is 23.0 Å². The van der Waals surface area contributed by atoms with Gasteiger partial charge >= 0.3 is 0 Å². The van der Waals surface area contributed by atoms with Crippen LogP contribution in [0.3, 0.4) is 0 Å². The first-order chi connectivity index (χ1) is 12.0. The summed E-state index contributed by atoms with van der Waals surface area (Å²) in [4.78, 5) is 12.4. The second-order valence-electron chi connectivity index (χ2n) is 9.05. The van der Waals surface area contributed by atoms with Gasteiger partial charge in [-0.2, -0.15) is 0 Å². The highest BCUT2D eigenvalue weighted by molar-refractivity contribution is 6.00. The van der Waals surface area contributed by atoms with Crippen molar-refractivity contribution in [2.24, 2.45) is 11.8 Å². The molecule has 0 fully saturated rings. The Hall–Kier alpha value is -1.17. The number of carbonyl (C=O) groups is 1. The zero-order valence-corrected chi connectivity index (χ0v) is 16.3. The molecule has 0 saturated carbocycles. The molecule has 0 saturated heterocycles. The number of allylic oxidation sites excluding steroid dienone is 1. The highest BCUT2D eigenvalue weighted by Crippen LogP contribution is 2.51. The van der Waals surface area contributed by atoms with Crippen LogP contribution < -0.4 is 0 Å². The Morgan fingerprint density at radius 1 is 1.38 bits per heavy atom. The van der Waals surface area contributed by atoms with E-state index < -0.39 is 17.8 Å². The number of carbonyl (C=O) groups excluding carboxylic acids is 1. The van der Waals surface area contributed by atoms with Gasteiger partial charge < -0.3 is 20.1 Å². The first kappa shape index (κ1) is 19.6. The number of hydrogen-bond donors (Lipinski definition) is 3. The topological polar surface area (TPSA) is 87.0 Å². The number of ether oxygens (including phenoxy) is 1. The maximum Gasteiger partial charge on any atom is 0.190 e. The molecule has 2 aliphatic carbocycles. The fraction of sp³-hybridized carbons (Fsp3) is 0.762. The molecule has 26 heavy (non-hydrogen) atoms. The van der Waals surface area contributed by atoms with Crippen molar-refractivity contribution in [3.8, 4) is 0 Å². The van der Waals surface area contributed by atoms with Gasteiger partial charge in [0.2, 0.25) is 0 Å². The Kier molecular flexibility index (Phi) is 5.10. The van der Waals surface area contributed by atoms with Crippen LogP contribution in [0, 0.1) is 11.8 Å². The van der Waals surface area contributed by atoms with E-state index in [0.717, 1.165) is 18.6 Å². The fourth-order valence-corrected chi connectivity index (χ4v) is 4.58. The first-order valence-electron chi connectivity index (χ1n) is 9.76. The van der Waals surface area contributed by atoms with Gasteiger partial charge in [0.25, 0.3) is 0 Å². The van der Waals surface area contributed by atoms with Gasteiger partial charge in [-0.1, -0.05) is 18.6 Å². The molecule has 0 aromatic rings. The number of hydrogen-bond acceptors (Lipinski definition) is 5. The van der Waals surface area contributed by atoms with E-state index in [4.69, 9.17) is 4.74 Å². The average Bonchev–Trinajstić information content (AvgIpc) is 2.90. The summed E-state index contributed by atoms with van der Waals surface area (Å²) in [5.74, 6) is 0.974. The Morgan fingerprint density at radius 2 is 2.08 bits per heavy atom. The molecule has 0 amide bonds. The Bertz CT molecular complexity index is 641. The van der Waals surface area contributed by atoms with Crippen molar-refractivity contribution in [1.82, 2.24) is 0 Å². The van der Waals surface area contributed by atoms with Crippen molar-refractivity contribution < 1.29 is 24.9 Å². The molecular formula is C21H32O5. The number of aliphatic hydroxyl groups excluding tert-OH is 2. The summed E-state index contributed by atoms with van der Waals surface area (Å²) in [6.07, 6.45) is 4.40. The molecule has 0 aromatic carbocycles. The van der Waals surface area contributed by atoms with E-state index in [1.54, 1.807) is 13.8 Å². The summed E-state index contributed by atoms with van der Waals surface area (Å²) in [6.45, 7) is 7.49. The molecule has 3 aliphatic rings. The summed E-state index contributed by atoms with van der Waals surface area (Å²) < 4.78 is 6.29. The lowest BCUT2D eigenvalue weighted by Gasteiger charge is -2.43. The van der Waals surface area contributed by atoms with E-state index in [2.05, 4.69) is 19.9 Å². The number of rotatable bonds is 5. The molecule has 3 rings (SSSR count). The van der Waals surface area contributed by atoms with Crippen molar-refractivity contribution in [3.63, 3.8) is 0 Å². The first-order valence-corrected chi connectivity index (χ1v) is 9.76. The molecule has 0 bridgehead atoms. The summed E-state index contributed by atoms with van der Waals surface area (Å²) in [6, 6.07) is 0. The minimum absolute atomic E-state index is 0.129. The SMILES string of the molecule is C[C@@H](CC[C@H](O)C(C)(C)O)C1=CC[C@]2(C)OC3=C(C[C@H]12)C(=O)[C@H](O)CC3. The minimum Gasteiger partial charge on any atom is -0.491 e. The standard InChI is InChI=1S/C21H32O5/c1-12(5-8-18(23)20(2,3)25)13-9-10-21(4)15(13)11-14-17(26-21)7-6-16(22)19(14)24/h9,12,15-16,18,22-23,25H,5-8,10-11H2,1-4H3/t12-,15+,16+,18-,21-/m0/s1. The summed E-state index contributed by atoms with van der Waals surface area (Å²) in [5, 5.41) is 29.9. The minimum atomic E-state index is -1.10. The van der Waals surface area contributed by atoms with Gasteiger partial charge in [0.15, 0.2) is 5.78 Å². The van der Waals surface area contributed by atoms with Crippen molar-refractivity contribution >= 4 is 5.78 Å². The van der Waals surface area contributed by atoms with E-state index in [0.29, 0.717) is 31.3 Å². The average molecular weight is 364 g/mol. The van der Waals surface area contributed by atoms with E-state index >= 15 is 0 Å². The van der Waals surface area contributed by atoms with Crippen molar-refractivity contribution in [2.75, 3.05) is 0 Å². The predicted molar refractivity (Wildman–Crippen MR) is 98.3 cm³/mol. The summed E-state index contributed by atoms with van der Waals surface area (Å²) in [7, 11) is 0. The van der Waals surface area contributed by atoms with E-state index in [1.807, 2.05) is 0 Å². The van der Waals surface area contributed by atoms with Gasteiger partial charge in [-0.05, 0) is 52.4 Å². The van der Waals surface area contributed by atoms with Crippen LogP contribution in [0.1, 0.15) is 66.2 Å². The quantitative estimate of drug-likeness (QED) is 0.653. The van der Waals surface area contributed by atoms with E-state index in [1.165, 1.54) is 5.57 Å². The molecular weight excluding hydrogens is 332 g/mol. The molecule has 0 spiro atoms. The van der Waals surface area contributed by atoms with Gasteiger partial charge in [0, 0.05) is 24.3 Å². The lowest BCUT2D eigenvalue weighted by Crippen LogP contribution is -2.43. The Morgan fingerprint density at radius 3 is 2.73 bits per heavy atom. The molecule has 0 aromatic heterocycles. The Balaban J connectivity index is 1.72. The molecule has 5 nitrogen and oxygen atoms in total. The van der Waals surface area contributed by atoms with Gasteiger partial charge in [0.1, 0.15) is 17.5 Å². The maximum absolute atomic E-state index is 12.4. The number of aliphatic hydroxyl groups is 3. The largest absolute Gasteiger partial charge is 0.491 e. The zero-order chi connectivity index (χ0) is 19.3. The van der Waals surface area contributed by atoms with Crippen LogP contribution in [0.5, 0.6) is 0 Å². The van der Waals surface area contributed by atoms with E-state index in [-0.39, 0.29) is 23.2 Å². The maximum atomic E-state index is 12.4. The lowest BCUT2D eigenvalue weighted by molar-refractivity contribution is -0.127. The van der Waals surface area contributed by atoms with E-state index in [9.17, 15) is 20.1 Å². The third kappa shape index (κ3) is 3.49.